The van der Waals surface area contributed by atoms with Crippen molar-refractivity contribution in [1.82, 2.24) is 10.0 Å². The topological polar surface area (TPSA) is 58.2 Å². The molecule has 106 valence electrons. The van der Waals surface area contributed by atoms with Crippen molar-refractivity contribution in [3.8, 4) is 0 Å². The van der Waals surface area contributed by atoms with Gasteiger partial charge in [-0.25, -0.2) is 13.1 Å². The molecule has 1 aliphatic carbocycles. The molecule has 2 atom stereocenters. The number of nitrogens with one attached hydrogen (secondary N) is 2. The first kappa shape index (κ1) is 14.3. The molecule has 2 fully saturated rings. The molecule has 0 bridgehead atoms. The highest BCUT2D eigenvalue weighted by atomic mass is 32.2. The van der Waals surface area contributed by atoms with Crippen molar-refractivity contribution in [2.24, 2.45) is 5.92 Å². The summed E-state index contributed by atoms with van der Waals surface area (Å²) in [7, 11) is -3.07. The molecular formula is C13H26N2O2S. The largest absolute Gasteiger partial charge is 0.314 e. The molecule has 0 aromatic rings. The minimum atomic E-state index is -3.07. The smallest absolute Gasteiger partial charge is 0.214 e. The number of piperidine rings is 1. The second kappa shape index (κ2) is 6.35. The molecule has 0 aromatic carbocycles. The second-order valence-corrected chi connectivity index (χ2v) is 7.95. The SMILES string of the molecule is CC1CCC(CNS(=O)(=O)C2CCCCC2)CN1. The van der Waals surface area contributed by atoms with Gasteiger partial charge in [-0.3, -0.25) is 0 Å². The summed E-state index contributed by atoms with van der Waals surface area (Å²) < 4.78 is 27.2. The second-order valence-electron chi connectivity index (χ2n) is 5.91. The Morgan fingerprint density at radius 3 is 2.44 bits per heavy atom. The fourth-order valence-electron chi connectivity index (χ4n) is 2.96. The van der Waals surface area contributed by atoms with Gasteiger partial charge in [0, 0.05) is 12.6 Å². The summed E-state index contributed by atoms with van der Waals surface area (Å²) in [4.78, 5) is 0. The first-order valence-electron chi connectivity index (χ1n) is 7.30. The lowest BCUT2D eigenvalue weighted by atomic mass is 9.96. The number of sulfonamides is 1. The van der Waals surface area contributed by atoms with Gasteiger partial charge in [0.25, 0.3) is 0 Å². The van der Waals surface area contributed by atoms with E-state index in [1.165, 1.54) is 6.42 Å². The van der Waals surface area contributed by atoms with Gasteiger partial charge in [-0.15, -0.1) is 0 Å². The third-order valence-electron chi connectivity index (χ3n) is 4.33. The fourth-order valence-corrected chi connectivity index (χ4v) is 4.62. The Kier molecular flexibility index (Phi) is 5.04. The molecule has 2 aliphatic rings. The van der Waals surface area contributed by atoms with Crippen molar-refractivity contribution in [3.05, 3.63) is 0 Å². The number of hydrogen-bond donors (Lipinski definition) is 2. The van der Waals surface area contributed by atoms with Crippen molar-refractivity contribution in [1.29, 1.82) is 0 Å². The third-order valence-corrected chi connectivity index (χ3v) is 6.25. The van der Waals surface area contributed by atoms with Crippen LogP contribution in [0.2, 0.25) is 0 Å². The summed E-state index contributed by atoms with van der Waals surface area (Å²) in [5.41, 5.74) is 0. The Morgan fingerprint density at radius 1 is 1.11 bits per heavy atom. The lowest BCUT2D eigenvalue weighted by molar-refractivity contribution is 0.322. The van der Waals surface area contributed by atoms with Crippen LogP contribution in [0.15, 0.2) is 0 Å². The van der Waals surface area contributed by atoms with Crippen LogP contribution in [0.25, 0.3) is 0 Å². The summed E-state index contributed by atoms with van der Waals surface area (Å²) in [6, 6.07) is 0.580. The molecule has 2 unspecified atom stereocenters. The van der Waals surface area contributed by atoms with Crippen LogP contribution in [0.5, 0.6) is 0 Å². The molecule has 1 heterocycles. The Hall–Kier alpha value is -0.130. The number of hydrogen-bond acceptors (Lipinski definition) is 3. The molecule has 2 rings (SSSR count). The molecule has 1 saturated heterocycles. The lowest BCUT2D eigenvalue weighted by Crippen LogP contribution is -2.44. The van der Waals surface area contributed by atoms with E-state index in [4.69, 9.17) is 0 Å². The molecule has 1 saturated carbocycles. The van der Waals surface area contributed by atoms with Gasteiger partial charge in [-0.2, -0.15) is 0 Å². The highest BCUT2D eigenvalue weighted by molar-refractivity contribution is 7.90. The van der Waals surface area contributed by atoms with Crippen LogP contribution in [0, 0.1) is 5.92 Å². The highest BCUT2D eigenvalue weighted by Crippen LogP contribution is 2.23. The maximum absolute atomic E-state index is 12.2. The molecule has 4 nitrogen and oxygen atoms in total. The van der Waals surface area contributed by atoms with Crippen molar-refractivity contribution < 1.29 is 8.42 Å². The molecule has 5 heteroatoms. The Labute approximate surface area is 111 Å². The predicted molar refractivity (Wildman–Crippen MR) is 74.0 cm³/mol. The molecule has 0 radical (unpaired) electrons. The van der Waals surface area contributed by atoms with Gasteiger partial charge >= 0.3 is 0 Å². The molecule has 2 N–H and O–H groups in total. The zero-order chi connectivity index (χ0) is 13.0. The first-order chi connectivity index (χ1) is 8.58. The van der Waals surface area contributed by atoms with Crippen LogP contribution in [-0.4, -0.2) is 32.8 Å². The predicted octanol–water partition coefficient (Wildman–Crippen LogP) is 1.63. The Bertz CT molecular complexity index is 342. The van der Waals surface area contributed by atoms with E-state index in [0.29, 0.717) is 18.5 Å². The minimum Gasteiger partial charge on any atom is -0.314 e. The van der Waals surface area contributed by atoms with E-state index in [9.17, 15) is 8.42 Å². The minimum absolute atomic E-state index is 0.137. The molecular weight excluding hydrogens is 248 g/mol. The molecule has 0 amide bonds. The van der Waals surface area contributed by atoms with Crippen LogP contribution in [0.3, 0.4) is 0 Å². The molecule has 0 spiro atoms. The van der Waals surface area contributed by atoms with Crippen LogP contribution >= 0.6 is 0 Å². The summed E-state index contributed by atoms with van der Waals surface area (Å²) >= 11 is 0. The summed E-state index contributed by atoms with van der Waals surface area (Å²) in [5, 5.41) is 3.28. The van der Waals surface area contributed by atoms with Crippen molar-refractivity contribution in [2.45, 2.75) is 63.2 Å². The average molecular weight is 274 g/mol. The van der Waals surface area contributed by atoms with Gasteiger partial charge in [0.05, 0.1) is 5.25 Å². The van der Waals surface area contributed by atoms with E-state index in [1.807, 2.05) is 0 Å². The standard InChI is InChI=1S/C13H26N2O2S/c1-11-7-8-12(9-14-11)10-15-18(16,17)13-5-3-2-4-6-13/h11-15H,2-10H2,1H3. The lowest BCUT2D eigenvalue weighted by Gasteiger charge is -2.29. The van der Waals surface area contributed by atoms with E-state index in [0.717, 1.165) is 45.1 Å². The summed E-state index contributed by atoms with van der Waals surface area (Å²) in [5.74, 6) is 0.458. The molecule has 0 aromatic heterocycles. The van der Waals surface area contributed by atoms with Gasteiger partial charge in [-0.05, 0) is 45.1 Å². The van der Waals surface area contributed by atoms with Crippen LogP contribution in [-0.2, 0) is 10.0 Å². The van der Waals surface area contributed by atoms with E-state index in [-0.39, 0.29) is 5.25 Å². The molecule has 18 heavy (non-hydrogen) atoms. The van der Waals surface area contributed by atoms with Crippen LogP contribution in [0.4, 0.5) is 0 Å². The monoisotopic (exact) mass is 274 g/mol. The maximum atomic E-state index is 12.2. The third kappa shape index (κ3) is 3.93. The van der Waals surface area contributed by atoms with Crippen molar-refractivity contribution in [2.75, 3.05) is 13.1 Å². The Balaban J connectivity index is 1.77. The Morgan fingerprint density at radius 2 is 1.83 bits per heavy atom. The fraction of sp³-hybridized carbons (Fsp3) is 1.00. The van der Waals surface area contributed by atoms with Crippen LogP contribution in [0.1, 0.15) is 51.9 Å². The van der Waals surface area contributed by atoms with Crippen molar-refractivity contribution in [3.63, 3.8) is 0 Å². The van der Waals surface area contributed by atoms with Crippen LogP contribution < -0.4 is 10.0 Å². The summed E-state index contributed by atoms with van der Waals surface area (Å²) in [6.07, 6.45) is 7.28. The number of rotatable bonds is 4. The van der Waals surface area contributed by atoms with E-state index in [1.54, 1.807) is 0 Å². The quantitative estimate of drug-likeness (QED) is 0.819. The van der Waals surface area contributed by atoms with Gasteiger partial charge in [0.15, 0.2) is 0 Å². The van der Waals surface area contributed by atoms with E-state index >= 15 is 0 Å². The maximum Gasteiger partial charge on any atom is 0.214 e. The first-order valence-corrected chi connectivity index (χ1v) is 8.84. The van der Waals surface area contributed by atoms with E-state index < -0.39 is 10.0 Å². The van der Waals surface area contributed by atoms with Gasteiger partial charge < -0.3 is 5.32 Å². The van der Waals surface area contributed by atoms with Crippen molar-refractivity contribution >= 4 is 10.0 Å². The van der Waals surface area contributed by atoms with E-state index in [2.05, 4.69) is 17.0 Å². The van der Waals surface area contributed by atoms with Gasteiger partial charge in [0.2, 0.25) is 10.0 Å². The normalized spacial score (nSPS) is 31.4. The summed E-state index contributed by atoms with van der Waals surface area (Å²) in [6.45, 7) is 3.73. The van der Waals surface area contributed by atoms with Gasteiger partial charge in [0.1, 0.15) is 0 Å². The average Bonchev–Trinajstić information content (AvgIpc) is 2.39. The van der Waals surface area contributed by atoms with Gasteiger partial charge in [-0.1, -0.05) is 19.3 Å². The zero-order valence-corrected chi connectivity index (χ0v) is 12.1. The zero-order valence-electron chi connectivity index (χ0n) is 11.3. The molecule has 1 aliphatic heterocycles. The highest BCUT2D eigenvalue weighted by Gasteiger charge is 2.28.